The molecule has 1 aliphatic carbocycles. The third-order valence-electron chi connectivity index (χ3n) is 4.84. The molecule has 2 aromatic rings. The van der Waals surface area contributed by atoms with E-state index in [4.69, 9.17) is 4.74 Å². The predicted octanol–water partition coefficient (Wildman–Crippen LogP) is 1.84. The molecular weight excluding hydrogens is 278 g/mol. The molecule has 0 bridgehead atoms. The zero-order valence-corrected chi connectivity index (χ0v) is 12.6. The molecule has 1 saturated heterocycles. The SMILES string of the molecule is O=c1cc(CN2CCO[C@H]3CCCC[C@@H]32)nc2ccccn12. The highest BCUT2D eigenvalue weighted by Gasteiger charge is 2.34. The van der Waals surface area contributed by atoms with Crippen molar-refractivity contribution in [2.24, 2.45) is 0 Å². The minimum absolute atomic E-state index is 0.00551. The van der Waals surface area contributed by atoms with E-state index >= 15 is 0 Å². The van der Waals surface area contributed by atoms with Crippen molar-refractivity contribution in [1.82, 2.24) is 14.3 Å². The summed E-state index contributed by atoms with van der Waals surface area (Å²) in [4.78, 5) is 19.3. The van der Waals surface area contributed by atoms with Crippen LogP contribution in [0.2, 0.25) is 0 Å². The number of hydrogen-bond donors (Lipinski definition) is 0. The van der Waals surface area contributed by atoms with Crippen LogP contribution in [-0.4, -0.2) is 39.6 Å². The van der Waals surface area contributed by atoms with Gasteiger partial charge in [0.25, 0.3) is 5.56 Å². The Hall–Kier alpha value is -1.72. The summed E-state index contributed by atoms with van der Waals surface area (Å²) in [6, 6.07) is 7.80. The van der Waals surface area contributed by atoms with Crippen LogP contribution in [0.4, 0.5) is 0 Å². The van der Waals surface area contributed by atoms with Gasteiger partial charge in [0.1, 0.15) is 5.65 Å². The monoisotopic (exact) mass is 299 g/mol. The first-order chi connectivity index (χ1) is 10.8. The topological polar surface area (TPSA) is 46.8 Å². The molecule has 116 valence electrons. The maximum atomic E-state index is 12.2. The van der Waals surface area contributed by atoms with Gasteiger partial charge in [-0.3, -0.25) is 14.1 Å². The van der Waals surface area contributed by atoms with E-state index in [1.54, 1.807) is 16.7 Å². The van der Waals surface area contributed by atoms with Crippen molar-refractivity contribution < 1.29 is 4.74 Å². The fraction of sp³-hybridized carbons (Fsp3) is 0.529. The van der Waals surface area contributed by atoms with Crippen LogP contribution < -0.4 is 5.56 Å². The van der Waals surface area contributed by atoms with Crippen molar-refractivity contribution in [1.29, 1.82) is 0 Å². The Balaban J connectivity index is 1.61. The van der Waals surface area contributed by atoms with Crippen LogP contribution >= 0.6 is 0 Å². The molecule has 0 N–H and O–H groups in total. The molecule has 1 saturated carbocycles. The molecule has 0 spiro atoms. The second-order valence-corrected chi connectivity index (χ2v) is 6.25. The molecule has 5 heteroatoms. The molecule has 0 amide bonds. The smallest absolute Gasteiger partial charge is 0.258 e. The maximum Gasteiger partial charge on any atom is 0.258 e. The Morgan fingerprint density at radius 3 is 3.14 bits per heavy atom. The zero-order valence-electron chi connectivity index (χ0n) is 12.6. The summed E-state index contributed by atoms with van der Waals surface area (Å²) in [5, 5.41) is 0. The molecule has 0 unspecified atom stereocenters. The first kappa shape index (κ1) is 13.9. The Morgan fingerprint density at radius 2 is 2.18 bits per heavy atom. The van der Waals surface area contributed by atoms with Gasteiger partial charge >= 0.3 is 0 Å². The summed E-state index contributed by atoms with van der Waals surface area (Å²) in [6.07, 6.45) is 7.02. The summed E-state index contributed by atoms with van der Waals surface area (Å²) >= 11 is 0. The second kappa shape index (κ2) is 5.82. The highest BCUT2D eigenvalue weighted by atomic mass is 16.5. The lowest BCUT2D eigenvalue weighted by Crippen LogP contribution is -2.52. The number of ether oxygens (including phenoxy) is 1. The van der Waals surface area contributed by atoms with Crippen LogP contribution in [-0.2, 0) is 11.3 Å². The van der Waals surface area contributed by atoms with E-state index in [1.165, 1.54) is 19.3 Å². The van der Waals surface area contributed by atoms with Gasteiger partial charge in [0.15, 0.2) is 0 Å². The lowest BCUT2D eigenvalue weighted by atomic mass is 9.90. The standard InChI is InChI=1S/C17H21N3O2/c21-17-11-13(18-16-7-3-4-8-20(16)17)12-19-9-10-22-15-6-2-1-5-14(15)19/h3-4,7-8,11,14-15H,1-2,5-6,9-10,12H2/t14-,15-/m0/s1. The van der Waals surface area contributed by atoms with E-state index in [1.807, 2.05) is 18.2 Å². The molecule has 2 aromatic heterocycles. The number of hydrogen-bond acceptors (Lipinski definition) is 4. The van der Waals surface area contributed by atoms with E-state index in [0.717, 1.165) is 37.5 Å². The van der Waals surface area contributed by atoms with Gasteiger partial charge in [-0.25, -0.2) is 4.98 Å². The molecule has 3 heterocycles. The van der Waals surface area contributed by atoms with Crippen LogP contribution in [0.5, 0.6) is 0 Å². The normalized spacial score (nSPS) is 26.0. The van der Waals surface area contributed by atoms with Gasteiger partial charge in [-0.05, 0) is 25.0 Å². The minimum Gasteiger partial charge on any atom is -0.375 e. The van der Waals surface area contributed by atoms with Crippen LogP contribution in [0.25, 0.3) is 5.65 Å². The van der Waals surface area contributed by atoms with Gasteiger partial charge in [0.2, 0.25) is 0 Å². The van der Waals surface area contributed by atoms with Crippen LogP contribution in [0.15, 0.2) is 35.3 Å². The van der Waals surface area contributed by atoms with Gasteiger partial charge < -0.3 is 4.74 Å². The van der Waals surface area contributed by atoms with E-state index in [9.17, 15) is 4.79 Å². The van der Waals surface area contributed by atoms with Gasteiger partial charge in [-0.2, -0.15) is 0 Å². The molecule has 2 fully saturated rings. The summed E-state index contributed by atoms with van der Waals surface area (Å²) in [6.45, 7) is 2.45. The molecular formula is C17H21N3O2. The van der Waals surface area contributed by atoms with E-state index in [2.05, 4.69) is 9.88 Å². The summed E-state index contributed by atoms with van der Waals surface area (Å²) in [5.41, 5.74) is 1.58. The highest BCUT2D eigenvalue weighted by Crippen LogP contribution is 2.29. The van der Waals surface area contributed by atoms with Gasteiger partial charge in [0, 0.05) is 31.4 Å². The van der Waals surface area contributed by atoms with Gasteiger partial charge in [0.05, 0.1) is 18.4 Å². The van der Waals surface area contributed by atoms with Crippen molar-refractivity contribution in [2.45, 2.75) is 44.4 Å². The molecule has 22 heavy (non-hydrogen) atoms. The summed E-state index contributed by atoms with van der Waals surface area (Å²) in [5.74, 6) is 0. The van der Waals surface area contributed by atoms with Gasteiger partial charge in [-0.1, -0.05) is 18.9 Å². The molecule has 2 aliphatic rings. The van der Waals surface area contributed by atoms with Crippen LogP contribution in [0.3, 0.4) is 0 Å². The molecule has 0 radical (unpaired) electrons. The average molecular weight is 299 g/mol. The summed E-state index contributed by atoms with van der Waals surface area (Å²) < 4.78 is 7.51. The van der Waals surface area contributed by atoms with E-state index in [0.29, 0.717) is 12.1 Å². The average Bonchev–Trinajstić information content (AvgIpc) is 2.55. The van der Waals surface area contributed by atoms with E-state index < -0.39 is 0 Å². The van der Waals surface area contributed by atoms with Gasteiger partial charge in [-0.15, -0.1) is 0 Å². The summed E-state index contributed by atoms with van der Waals surface area (Å²) in [7, 11) is 0. The maximum absolute atomic E-state index is 12.2. The lowest BCUT2D eigenvalue weighted by Gasteiger charge is -2.43. The quantitative estimate of drug-likeness (QED) is 0.849. The third kappa shape index (κ3) is 2.55. The minimum atomic E-state index is -0.00551. The first-order valence-electron chi connectivity index (χ1n) is 8.14. The molecule has 2 atom stereocenters. The number of aromatic nitrogens is 2. The number of pyridine rings is 1. The number of fused-ring (bicyclic) bond motifs is 2. The Morgan fingerprint density at radius 1 is 1.27 bits per heavy atom. The molecule has 4 rings (SSSR count). The number of morpholine rings is 1. The molecule has 5 nitrogen and oxygen atoms in total. The van der Waals surface area contributed by atoms with E-state index in [-0.39, 0.29) is 5.56 Å². The first-order valence-corrected chi connectivity index (χ1v) is 8.14. The zero-order chi connectivity index (χ0) is 14.9. The fourth-order valence-electron chi connectivity index (χ4n) is 3.76. The molecule has 1 aliphatic heterocycles. The number of rotatable bonds is 2. The largest absolute Gasteiger partial charge is 0.375 e. The lowest BCUT2D eigenvalue weighted by molar-refractivity contribution is -0.0914. The highest BCUT2D eigenvalue weighted by molar-refractivity contribution is 5.38. The van der Waals surface area contributed by atoms with Crippen LogP contribution in [0, 0.1) is 0 Å². The Bertz CT molecular complexity index is 725. The fourth-order valence-corrected chi connectivity index (χ4v) is 3.76. The van der Waals surface area contributed by atoms with Crippen molar-refractivity contribution >= 4 is 5.65 Å². The predicted molar refractivity (Wildman–Crippen MR) is 83.9 cm³/mol. The third-order valence-corrected chi connectivity index (χ3v) is 4.84. The van der Waals surface area contributed by atoms with Crippen molar-refractivity contribution in [2.75, 3.05) is 13.2 Å². The van der Waals surface area contributed by atoms with Crippen molar-refractivity contribution in [3.8, 4) is 0 Å². The van der Waals surface area contributed by atoms with Crippen LogP contribution in [0.1, 0.15) is 31.4 Å². The van der Waals surface area contributed by atoms with Crippen molar-refractivity contribution in [3.63, 3.8) is 0 Å². The van der Waals surface area contributed by atoms with Crippen molar-refractivity contribution in [3.05, 3.63) is 46.5 Å². The molecule has 0 aromatic carbocycles. The number of nitrogens with zero attached hydrogens (tertiary/aromatic N) is 3. The Labute approximate surface area is 129 Å². The Kier molecular flexibility index (Phi) is 3.68. The second-order valence-electron chi connectivity index (χ2n) is 6.25.